The van der Waals surface area contributed by atoms with Crippen molar-refractivity contribution in [3.63, 3.8) is 0 Å². The summed E-state index contributed by atoms with van der Waals surface area (Å²) in [6, 6.07) is 6.04. The van der Waals surface area contributed by atoms with Gasteiger partial charge in [0.15, 0.2) is 5.65 Å². The third-order valence-electron chi connectivity index (χ3n) is 4.98. The quantitative estimate of drug-likeness (QED) is 0.623. The predicted octanol–water partition coefficient (Wildman–Crippen LogP) is 4.67. The van der Waals surface area contributed by atoms with Crippen LogP contribution in [-0.4, -0.2) is 26.2 Å². The van der Waals surface area contributed by atoms with E-state index in [1.165, 1.54) is 6.08 Å². The van der Waals surface area contributed by atoms with Gasteiger partial charge < -0.3 is 4.74 Å². The Labute approximate surface area is 161 Å². The van der Waals surface area contributed by atoms with Crippen LogP contribution >= 0.6 is 0 Å². The number of aryl methyl sites for hydroxylation is 1. The van der Waals surface area contributed by atoms with Crippen molar-refractivity contribution in [2.45, 2.75) is 13.3 Å². The molecule has 1 aliphatic carbocycles. The molecule has 0 atom stereocenters. The lowest BCUT2D eigenvalue weighted by Gasteiger charge is -2.19. The van der Waals surface area contributed by atoms with Gasteiger partial charge in [-0.3, -0.25) is 9.38 Å². The van der Waals surface area contributed by atoms with Crippen LogP contribution in [-0.2, 0) is 4.74 Å². The zero-order valence-electron chi connectivity index (χ0n) is 15.3. The van der Waals surface area contributed by atoms with Crippen LogP contribution in [0.5, 0.6) is 0 Å². The Hall–Kier alpha value is -3.54. The van der Waals surface area contributed by atoms with Crippen LogP contribution in [0.1, 0.15) is 23.4 Å². The summed E-state index contributed by atoms with van der Waals surface area (Å²) in [5.74, 6) is -0.185. The van der Waals surface area contributed by atoms with Gasteiger partial charge in [-0.2, -0.15) is 0 Å². The van der Waals surface area contributed by atoms with Gasteiger partial charge in [0.25, 0.3) is 0 Å². The number of fused-ring (bicyclic) bond motifs is 5. The maximum atomic E-state index is 13.9. The molecule has 0 aromatic carbocycles. The number of aromatic nitrogens is 4. The first-order chi connectivity index (χ1) is 13.7. The molecule has 0 radical (unpaired) electrons. The first-order valence-corrected chi connectivity index (χ1v) is 9.06. The Kier molecular flexibility index (Phi) is 3.90. The fourth-order valence-electron chi connectivity index (χ4n) is 3.71. The summed E-state index contributed by atoms with van der Waals surface area (Å²) in [5.41, 5.74) is 7.13. The van der Waals surface area contributed by atoms with Gasteiger partial charge in [0.2, 0.25) is 0 Å². The highest BCUT2D eigenvalue weighted by Gasteiger charge is 2.22. The SMILES string of the molecule is Cc1ncccc1-c1cc2c(n3cnnc13)C1=CCC(F)=CC1=COCC=C2. The predicted molar refractivity (Wildman–Crippen MR) is 106 cm³/mol. The Bertz CT molecular complexity index is 1220. The molecular weight excluding hydrogens is 355 g/mol. The maximum Gasteiger partial charge on any atom is 0.169 e. The van der Waals surface area contributed by atoms with Gasteiger partial charge in [-0.1, -0.05) is 18.2 Å². The molecular formula is C22H17FN4O. The van der Waals surface area contributed by atoms with Gasteiger partial charge in [-0.15, -0.1) is 10.2 Å². The van der Waals surface area contributed by atoms with Crippen molar-refractivity contribution in [1.82, 2.24) is 19.6 Å². The van der Waals surface area contributed by atoms with E-state index in [1.54, 1.807) is 18.8 Å². The summed E-state index contributed by atoms with van der Waals surface area (Å²) in [5, 5.41) is 8.52. The molecule has 0 saturated heterocycles. The first-order valence-electron chi connectivity index (χ1n) is 9.06. The molecule has 2 aliphatic rings. The van der Waals surface area contributed by atoms with Crippen molar-refractivity contribution in [1.29, 1.82) is 0 Å². The van der Waals surface area contributed by atoms with E-state index in [-0.39, 0.29) is 12.2 Å². The molecule has 138 valence electrons. The number of halogens is 1. The van der Waals surface area contributed by atoms with Crippen LogP contribution in [0.25, 0.3) is 28.4 Å². The summed E-state index contributed by atoms with van der Waals surface area (Å²) in [6.45, 7) is 2.39. The third-order valence-corrected chi connectivity index (χ3v) is 4.98. The minimum Gasteiger partial charge on any atom is -0.496 e. The Morgan fingerprint density at radius 3 is 3.07 bits per heavy atom. The minimum atomic E-state index is -0.185. The smallest absolute Gasteiger partial charge is 0.169 e. The monoisotopic (exact) mass is 372 g/mol. The van der Waals surface area contributed by atoms with Crippen LogP contribution in [0.15, 0.2) is 66.6 Å². The number of allylic oxidation sites excluding steroid dienone is 5. The topological polar surface area (TPSA) is 52.3 Å². The molecule has 0 saturated carbocycles. The zero-order valence-corrected chi connectivity index (χ0v) is 15.3. The van der Waals surface area contributed by atoms with Gasteiger partial charge >= 0.3 is 0 Å². The van der Waals surface area contributed by atoms with Crippen LogP contribution < -0.4 is 0 Å². The van der Waals surface area contributed by atoms with Gasteiger partial charge in [-0.25, -0.2) is 4.39 Å². The fraction of sp³-hybridized carbons (Fsp3) is 0.136. The lowest BCUT2D eigenvalue weighted by atomic mass is 9.92. The average Bonchev–Trinajstić information content (AvgIpc) is 3.19. The number of hydrogen-bond acceptors (Lipinski definition) is 4. The van der Waals surface area contributed by atoms with E-state index in [9.17, 15) is 4.39 Å². The molecule has 3 aromatic heterocycles. The minimum absolute atomic E-state index is 0.185. The van der Waals surface area contributed by atoms with E-state index in [2.05, 4.69) is 21.2 Å². The standard InChI is InChI=1S/C22H17FN4O/c1-14-18(5-2-8-24-14)20-11-15-4-3-9-28-12-16-10-17(23)6-7-19(16)21(15)27-13-25-26-22(20)27/h2-5,7-8,10-13H,6,9H2,1H3. The van der Waals surface area contributed by atoms with E-state index in [4.69, 9.17) is 4.74 Å². The first kappa shape index (κ1) is 16.6. The normalized spacial score (nSPS) is 16.0. The Morgan fingerprint density at radius 1 is 1.25 bits per heavy atom. The molecule has 0 amide bonds. The summed E-state index contributed by atoms with van der Waals surface area (Å²) in [7, 11) is 0. The molecule has 0 bridgehead atoms. The molecule has 0 fully saturated rings. The van der Waals surface area contributed by atoms with E-state index < -0.39 is 0 Å². The Balaban J connectivity index is 1.83. The highest BCUT2D eigenvalue weighted by atomic mass is 19.1. The van der Waals surface area contributed by atoms with E-state index in [0.29, 0.717) is 12.2 Å². The van der Waals surface area contributed by atoms with Crippen molar-refractivity contribution in [3.05, 3.63) is 83.6 Å². The third kappa shape index (κ3) is 2.65. The summed E-state index contributed by atoms with van der Waals surface area (Å²) in [4.78, 5) is 4.42. The second-order valence-corrected chi connectivity index (χ2v) is 6.74. The van der Waals surface area contributed by atoms with Gasteiger partial charge in [-0.05, 0) is 36.8 Å². The largest absolute Gasteiger partial charge is 0.496 e. The molecule has 5 nitrogen and oxygen atoms in total. The van der Waals surface area contributed by atoms with Crippen molar-refractivity contribution in [3.8, 4) is 11.1 Å². The van der Waals surface area contributed by atoms with Crippen molar-refractivity contribution in [2.24, 2.45) is 0 Å². The number of pyridine rings is 2. The number of rotatable bonds is 1. The Morgan fingerprint density at radius 2 is 2.18 bits per heavy atom. The van der Waals surface area contributed by atoms with E-state index in [1.807, 2.05) is 41.7 Å². The summed E-state index contributed by atoms with van der Waals surface area (Å²) < 4.78 is 21.5. The number of hydrogen-bond donors (Lipinski definition) is 0. The lowest BCUT2D eigenvalue weighted by molar-refractivity contribution is 0.289. The fourth-order valence-corrected chi connectivity index (χ4v) is 3.71. The van der Waals surface area contributed by atoms with Gasteiger partial charge in [0.05, 0.1) is 12.0 Å². The zero-order chi connectivity index (χ0) is 19.1. The van der Waals surface area contributed by atoms with Crippen LogP contribution in [0.2, 0.25) is 0 Å². The number of ether oxygens (including phenoxy) is 1. The molecule has 6 heteroatoms. The van der Waals surface area contributed by atoms with Crippen molar-refractivity contribution < 1.29 is 9.13 Å². The molecule has 5 rings (SSSR count). The average molecular weight is 372 g/mol. The molecule has 1 aliphatic heterocycles. The molecule has 0 N–H and O–H groups in total. The van der Waals surface area contributed by atoms with Crippen LogP contribution in [0.4, 0.5) is 4.39 Å². The second-order valence-electron chi connectivity index (χ2n) is 6.74. The molecule has 3 aromatic rings. The highest BCUT2D eigenvalue weighted by molar-refractivity contribution is 5.90. The lowest BCUT2D eigenvalue weighted by Crippen LogP contribution is -2.05. The van der Waals surface area contributed by atoms with Crippen molar-refractivity contribution >= 4 is 17.3 Å². The van der Waals surface area contributed by atoms with E-state index >= 15 is 0 Å². The number of nitrogens with zero attached hydrogens (tertiary/aromatic N) is 4. The van der Waals surface area contributed by atoms with Crippen LogP contribution in [0.3, 0.4) is 0 Å². The molecule has 4 heterocycles. The molecule has 0 spiro atoms. The van der Waals surface area contributed by atoms with Crippen LogP contribution in [0, 0.1) is 6.92 Å². The molecule has 28 heavy (non-hydrogen) atoms. The maximum absolute atomic E-state index is 13.9. The van der Waals surface area contributed by atoms with Crippen molar-refractivity contribution in [2.75, 3.05) is 6.61 Å². The molecule has 0 unspecified atom stereocenters. The second kappa shape index (κ2) is 6.56. The summed E-state index contributed by atoms with van der Waals surface area (Å²) >= 11 is 0. The van der Waals surface area contributed by atoms with Gasteiger partial charge in [0.1, 0.15) is 18.8 Å². The van der Waals surface area contributed by atoms with Gasteiger partial charge in [0, 0.05) is 40.6 Å². The van der Waals surface area contributed by atoms with E-state index in [0.717, 1.165) is 39.3 Å². The summed E-state index contributed by atoms with van der Waals surface area (Å²) in [6.07, 6.45) is 12.7. The highest BCUT2D eigenvalue weighted by Crippen LogP contribution is 2.37.